The Kier molecular flexibility index (Phi) is 4.14. The van der Waals surface area contributed by atoms with Crippen molar-refractivity contribution >= 4 is 11.3 Å². The molecule has 2 heterocycles. The van der Waals surface area contributed by atoms with Crippen LogP contribution in [0.1, 0.15) is 17.6 Å². The normalized spacial score (nSPS) is 25.9. The minimum absolute atomic E-state index is 0.557. The van der Waals surface area contributed by atoms with E-state index in [2.05, 4.69) is 41.2 Å². The van der Waals surface area contributed by atoms with Crippen LogP contribution in [0.15, 0.2) is 5.38 Å². The Labute approximate surface area is 107 Å². The third-order valence-corrected chi connectivity index (χ3v) is 4.39. The quantitative estimate of drug-likeness (QED) is 0.870. The van der Waals surface area contributed by atoms with E-state index in [0.29, 0.717) is 12.6 Å². The van der Waals surface area contributed by atoms with Crippen molar-refractivity contribution in [3.05, 3.63) is 16.1 Å². The Balaban J connectivity index is 1.92. The summed E-state index contributed by atoms with van der Waals surface area (Å²) in [5, 5.41) is 3.17. The minimum atomic E-state index is 0.557. The zero-order valence-corrected chi connectivity index (χ0v) is 11.7. The third-order valence-electron chi connectivity index (χ3n) is 3.47. The number of likely N-dealkylation sites (tertiary alicyclic amines) is 1. The highest BCUT2D eigenvalue weighted by atomic mass is 32.1. The van der Waals surface area contributed by atoms with Gasteiger partial charge in [-0.25, -0.2) is 4.98 Å². The summed E-state index contributed by atoms with van der Waals surface area (Å²) < 4.78 is 0. The van der Waals surface area contributed by atoms with Crippen molar-refractivity contribution in [2.24, 2.45) is 11.7 Å². The van der Waals surface area contributed by atoms with Gasteiger partial charge in [-0.05, 0) is 20.0 Å². The number of hydrogen-bond acceptors (Lipinski definition) is 5. The molecule has 0 aliphatic carbocycles. The van der Waals surface area contributed by atoms with Gasteiger partial charge in [0, 0.05) is 37.6 Å². The summed E-state index contributed by atoms with van der Waals surface area (Å²) in [6, 6.07) is 0.669. The Bertz CT molecular complexity index is 363. The summed E-state index contributed by atoms with van der Waals surface area (Å²) in [4.78, 5) is 9.35. The van der Waals surface area contributed by atoms with Crippen LogP contribution in [0.25, 0.3) is 0 Å². The fourth-order valence-corrected chi connectivity index (χ4v) is 3.26. The van der Waals surface area contributed by atoms with Crippen LogP contribution >= 0.6 is 11.3 Å². The zero-order valence-electron chi connectivity index (χ0n) is 10.9. The topological polar surface area (TPSA) is 45.4 Å². The molecule has 0 radical (unpaired) electrons. The molecule has 1 saturated heterocycles. The molecular weight excluding hydrogens is 232 g/mol. The van der Waals surface area contributed by atoms with Crippen molar-refractivity contribution in [2.45, 2.75) is 26.1 Å². The molecule has 0 saturated carbocycles. The van der Waals surface area contributed by atoms with E-state index in [9.17, 15) is 0 Å². The van der Waals surface area contributed by atoms with E-state index in [1.807, 2.05) is 0 Å². The number of rotatable bonds is 4. The summed E-state index contributed by atoms with van der Waals surface area (Å²) in [6.45, 7) is 6.16. The maximum absolute atomic E-state index is 5.58. The number of nitrogens with zero attached hydrogens (tertiary/aromatic N) is 3. The molecule has 1 fully saturated rings. The monoisotopic (exact) mass is 254 g/mol. The molecule has 2 atom stereocenters. The molecule has 17 heavy (non-hydrogen) atoms. The fourth-order valence-electron chi connectivity index (χ4n) is 2.59. The van der Waals surface area contributed by atoms with Crippen molar-refractivity contribution in [2.75, 3.05) is 27.2 Å². The second-order valence-corrected chi connectivity index (χ2v) is 6.08. The largest absolute Gasteiger partial charge is 0.325 e. The maximum Gasteiger partial charge on any atom is 0.106 e. The first-order valence-electron chi connectivity index (χ1n) is 6.12. The zero-order chi connectivity index (χ0) is 12.4. The van der Waals surface area contributed by atoms with Gasteiger partial charge < -0.3 is 10.6 Å². The van der Waals surface area contributed by atoms with Crippen LogP contribution in [0.5, 0.6) is 0 Å². The Morgan fingerprint density at radius 3 is 2.82 bits per heavy atom. The lowest BCUT2D eigenvalue weighted by molar-refractivity contribution is 0.249. The highest BCUT2D eigenvalue weighted by Gasteiger charge is 2.30. The predicted molar refractivity (Wildman–Crippen MR) is 71.9 cm³/mol. The summed E-state index contributed by atoms with van der Waals surface area (Å²) in [5.74, 6) is 0.734. The summed E-state index contributed by atoms with van der Waals surface area (Å²) in [5.41, 5.74) is 6.75. The summed E-state index contributed by atoms with van der Waals surface area (Å²) in [6.07, 6.45) is 0. The highest BCUT2D eigenvalue weighted by Crippen LogP contribution is 2.22. The molecular formula is C12H22N4S. The van der Waals surface area contributed by atoms with Crippen molar-refractivity contribution in [1.82, 2.24) is 14.8 Å². The molecule has 2 N–H and O–H groups in total. The lowest BCUT2D eigenvalue weighted by Gasteiger charge is -2.22. The van der Waals surface area contributed by atoms with Gasteiger partial charge in [-0.3, -0.25) is 4.90 Å². The van der Waals surface area contributed by atoms with Crippen molar-refractivity contribution in [3.63, 3.8) is 0 Å². The van der Waals surface area contributed by atoms with E-state index >= 15 is 0 Å². The highest BCUT2D eigenvalue weighted by molar-refractivity contribution is 7.09. The SMILES string of the molecule is CC1CN(Cc2csc(CN)n2)CC1N(C)C. The molecule has 1 aliphatic heterocycles. The van der Waals surface area contributed by atoms with Gasteiger partial charge in [-0.1, -0.05) is 6.92 Å². The molecule has 1 aromatic rings. The molecule has 1 aliphatic rings. The van der Waals surface area contributed by atoms with Crippen LogP contribution in [-0.2, 0) is 13.1 Å². The molecule has 0 amide bonds. The first-order valence-corrected chi connectivity index (χ1v) is 7.00. The second-order valence-electron chi connectivity index (χ2n) is 5.14. The third kappa shape index (κ3) is 3.04. The molecule has 96 valence electrons. The van der Waals surface area contributed by atoms with Crippen LogP contribution in [0.3, 0.4) is 0 Å². The van der Waals surface area contributed by atoms with Crippen molar-refractivity contribution in [1.29, 1.82) is 0 Å². The van der Waals surface area contributed by atoms with E-state index in [1.165, 1.54) is 12.2 Å². The van der Waals surface area contributed by atoms with E-state index in [-0.39, 0.29) is 0 Å². The van der Waals surface area contributed by atoms with E-state index in [1.54, 1.807) is 11.3 Å². The van der Waals surface area contributed by atoms with Crippen molar-refractivity contribution < 1.29 is 0 Å². The van der Waals surface area contributed by atoms with Gasteiger partial charge in [-0.2, -0.15) is 0 Å². The number of aromatic nitrogens is 1. The molecule has 2 rings (SSSR count). The average Bonchev–Trinajstić information content (AvgIpc) is 2.85. The molecule has 0 spiro atoms. The molecule has 0 bridgehead atoms. The molecule has 4 nitrogen and oxygen atoms in total. The number of likely N-dealkylation sites (N-methyl/N-ethyl adjacent to an activating group) is 1. The van der Waals surface area contributed by atoms with Crippen LogP contribution in [0, 0.1) is 5.92 Å². The number of thiazole rings is 1. The molecule has 2 unspecified atom stereocenters. The number of hydrogen-bond donors (Lipinski definition) is 1. The standard InChI is InChI=1S/C12H22N4S/c1-9-5-16(7-11(9)15(2)3)6-10-8-17-12(4-13)14-10/h8-9,11H,4-7,13H2,1-3H3. The Morgan fingerprint density at radius 2 is 2.29 bits per heavy atom. The average molecular weight is 254 g/mol. The Morgan fingerprint density at radius 1 is 1.53 bits per heavy atom. The van der Waals surface area contributed by atoms with Gasteiger partial charge in [-0.15, -0.1) is 11.3 Å². The first kappa shape index (κ1) is 13.0. The van der Waals surface area contributed by atoms with Gasteiger partial charge in [0.25, 0.3) is 0 Å². The van der Waals surface area contributed by atoms with E-state index in [0.717, 1.165) is 24.0 Å². The number of nitrogens with two attached hydrogens (primary N) is 1. The molecule has 1 aromatic heterocycles. The van der Waals surface area contributed by atoms with Crippen LogP contribution < -0.4 is 5.73 Å². The van der Waals surface area contributed by atoms with E-state index < -0.39 is 0 Å². The van der Waals surface area contributed by atoms with Gasteiger partial charge >= 0.3 is 0 Å². The van der Waals surface area contributed by atoms with Crippen LogP contribution in [0.2, 0.25) is 0 Å². The molecule has 5 heteroatoms. The van der Waals surface area contributed by atoms with Crippen LogP contribution in [0.4, 0.5) is 0 Å². The van der Waals surface area contributed by atoms with E-state index in [4.69, 9.17) is 5.73 Å². The van der Waals surface area contributed by atoms with Gasteiger partial charge in [0.1, 0.15) is 5.01 Å². The van der Waals surface area contributed by atoms with Crippen LogP contribution in [-0.4, -0.2) is 48.0 Å². The summed E-state index contributed by atoms with van der Waals surface area (Å²) in [7, 11) is 4.33. The van der Waals surface area contributed by atoms with Gasteiger partial charge in [0.05, 0.1) is 5.69 Å². The lowest BCUT2D eigenvalue weighted by Crippen LogP contribution is -2.34. The smallest absolute Gasteiger partial charge is 0.106 e. The van der Waals surface area contributed by atoms with Crippen molar-refractivity contribution in [3.8, 4) is 0 Å². The second kappa shape index (κ2) is 5.44. The minimum Gasteiger partial charge on any atom is -0.325 e. The molecule has 0 aromatic carbocycles. The predicted octanol–water partition coefficient (Wildman–Crippen LogP) is 0.984. The Hall–Kier alpha value is -0.490. The fraction of sp³-hybridized carbons (Fsp3) is 0.750. The summed E-state index contributed by atoms with van der Waals surface area (Å²) >= 11 is 1.67. The van der Waals surface area contributed by atoms with Gasteiger partial charge in [0.15, 0.2) is 0 Å². The van der Waals surface area contributed by atoms with Gasteiger partial charge in [0.2, 0.25) is 0 Å². The maximum atomic E-state index is 5.58. The first-order chi connectivity index (χ1) is 8.10. The lowest BCUT2D eigenvalue weighted by atomic mass is 10.1.